The number of rotatable bonds is 5. The summed E-state index contributed by atoms with van der Waals surface area (Å²) in [6, 6.07) is 12.2. The summed E-state index contributed by atoms with van der Waals surface area (Å²) >= 11 is 6.11. The Hall–Kier alpha value is -2.53. The number of benzene rings is 2. The number of halogens is 1. The van der Waals surface area contributed by atoms with Crippen molar-refractivity contribution in [3.63, 3.8) is 0 Å². The molecule has 0 aliphatic heterocycles. The van der Waals surface area contributed by atoms with E-state index in [1.807, 2.05) is 6.07 Å². The summed E-state index contributed by atoms with van der Waals surface area (Å²) in [4.78, 5) is 22.7. The van der Waals surface area contributed by atoms with Crippen LogP contribution in [-0.2, 0) is 11.3 Å². The Balaban J connectivity index is 2.02. The van der Waals surface area contributed by atoms with E-state index in [9.17, 15) is 9.59 Å². The maximum Gasteiger partial charge on any atom is 0.412 e. The molecule has 0 unspecified atom stereocenters. The topological polar surface area (TPSA) is 64.6 Å². The van der Waals surface area contributed by atoms with Crippen LogP contribution in [0.2, 0.25) is 5.02 Å². The van der Waals surface area contributed by atoms with Crippen molar-refractivity contribution >= 4 is 29.7 Å². The first-order chi connectivity index (χ1) is 11.8. The molecule has 2 rings (SSSR count). The molecule has 2 aromatic carbocycles. The first-order valence-electron chi connectivity index (χ1n) is 7.74. The van der Waals surface area contributed by atoms with Gasteiger partial charge in [0.05, 0.1) is 5.02 Å². The molecule has 0 radical (unpaired) electrons. The third-order valence-electron chi connectivity index (χ3n) is 3.09. The van der Waals surface area contributed by atoms with Crippen LogP contribution in [-0.4, -0.2) is 18.0 Å². The van der Waals surface area contributed by atoms with E-state index in [0.29, 0.717) is 23.3 Å². The second-order valence-electron chi connectivity index (χ2n) is 6.39. The molecule has 1 amide bonds. The zero-order valence-corrected chi connectivity index (χ0v) is 15.1. The van der Waals surface area contributed by atoms with Gasteiger partial charge in [0, 0.05) is 11.3 Å². The van der Waals surface area contributed by atoms with Gasteiger partial charge in [0.15, 0.2) is 6.29 Å². The molecule has 0 spiro atoms. The van der Waals surface area contributed by atoms with Gasteiger partial charge in [-0.1, -0.05) is 29.8 Å². The Morgan fingerprint density at radius 1 is 1.20 bits per heavy atom. The standard InChI is InChI=1S/C19H20ClNO4/c1-19(2,3)25-18(23)21-15-8-4-6-13(10-15)12-24-16-9-5-7-14(11-22)17(16)20/h4-11H,12H2,1-3H3,(H,21,23). The molecule has 0 aliphatic carbocycles. The first-order valence-corrected chi connectivity index (χ1v) is 8.12. The first kappa shape index (κ1) is 18.8. The second kappa shape index (κ2) is 8.03. The molecule has 132 valence electrons. The fourth-order valence-electron chi connectivity index (χ4n) is 2.05. The summed E-state index contributed by atoms with van der Waals surface area (Å²) in [5.74, 6) is 0.428. The molecule has 25 heavy (non-hydrogen) atoms. The molecule has 0 saturated heterocycles. The highest BCUT2D eigenvalue weighted by atomic mass is 35.5. The molecular weight excluding hydrogens is 342 g/mol. The predicted octanol–water partition coefficient (Wildman–Crippen LogP) is 5.08. The maximum atomic E-state index is 11.8. The summed E-state index contributed by atoms with van der Waals surface area (Å²) in [6.45, 7) is 5.64. The lowest BCUT2D eigenvalue weighted by Gasteiger charge is -2.19. The molecule has 0 atom stereocenters. The summed E-state index contributed by atoms with van der Waals surface area (Å²) in [6.07, 6.45) is 0.160. The van der Waals surface area contributed by atoms with E-state index >= 15 is 0 Å². The van der Waals surface area contributed by atoms with Gasteiger partial charge >= 0.3 is 6.09 Å². The molecular formula is C19H20ClNO4. The molecule has 0 aliphatic rings. The second-order valence-corrected chi connectivity index (χ2v) is 6.77. The van der Waals surface area contributed by atoms with Gasteiger partial charge in [-0.15, -0.1) is 0 Å². The third kappa shape index (κ3) is 5.80. The fraction of sp³-hybridized carbons (Fsp3) is 0.263. The number of nitrogens with one attached hydrogen (secondary N) is 1. The van der Waals surface area contributed by atoms with Crippen molar-refractivity contribution in [2.45, 2.75) is 33.0 Å². The van der Waals surface area contributed by atoms with Gasteiger partial charge in [0.1, 0.15) is 18.0 Å². The molecule has 0 aromatic heterocycles. The van der Waals surface area contributed by atoms with Crippen molar-refractivity contribution in [2.24, 2.45) is 0 Å². The van der Waals surface area contributed by atoms with Crippen molar-refractivity contribution in [2.75, 3.05) is 5.32 Å². The van der Waals surface area contributed by atoms with E-state index in [-0.39, 0.29) is 11.6 Å². The number of amides is 1. The summed E-state index contributed by atoms with van der Waals surface area (Å²) in [5.41, 5.74) is 1.24. The Morgan fingerprint density at radius 3 is 2.60 bits per heavy atom. The van der Waals surface area contributed by atoms with Crippen LogP contribution >= 0.6 is 11.6 Å². The number of ether oxygens (including phenoxy) is 2. The van der Waals surface area contributed by atoms with Gasteiger partial charge in [-0.25, -0.2) is 4.79 Å². The third-order valence-corrected chi connectivity index (χ3v) is 3.49. The monoisotopic (exact) mass is 361 g/mol. The molecule has 5 nitrogen and oxygen atoms in total. The molecule has 0 saturated carbocycles. The van der Waals surface area contributed by atoms with Gasteiger partial charge in [0.2, 0.25) is 0 Å². The summed E-state index contributed by atoms with van der Waals surface area (Å²) in [7, 11) is 0. The average molecular weight is 362 g/mol. The fourth-order valence-corrected chi connectivity index (χ4v) is 2.28. The number of hydrogen-bond donors (Lipinski definition) is 1. The SMILES string of the molecule is CC(C)(C)OC(=O)Nc1cccc(COc2cccc(C=O)c2Cl)c1. The Kier molecular flexibility index (Phi) is 6.04. The van der Waals surface area contributed by atoms with E-state index in [1.165, 1.54) is 0 Å². The molecule has 1 N–H and O–H groups in total. The van der Waals surface area contributed by atoms with Gasteiger partial charge in [0.25, 0.3) is 0 Å². The van der Waals surface area contributed by atoms with E-state index in [0.717, 1.165) is 5.56 Å². The van der Waals surface area contributed by atoms with Gasteiger partial charge in [-0.2, -0.15) is 0 Å². The van der Waals surface area contributed by atoms with E-state index in [4.69, 9.17) is 21.1 Å². The van der Waals surface area contributed by atoms with Crippen LogP contribution in [0.3, 0.4) is 0 Å². The number of hydrogen-bond acceptors (Lipinski definition) is 4. The molecule has 2 aromatic rings. The van der Waals surface area contributed by atoms with Crippen LogP contribution in [0.1, 0.15) is 36.7 Å². The van der Waals surface area contributed by atoms with Crippen LogP contribution in [0.25, 0.3) is 0 Å². The normalized spacial score (nSPS) is 10.9. The number of anilines is 1. The molecule has 6 heteroatoms. The lowest BCUT2D eigenvalue weighted by Crippen LogP contribution is -2.27. The molecule has 0 bridgehead atoms. The highest BCUT2D eigenvalue weighted by molar-refractivity contribution is 6.34. The minimum atomic E-state index is -0.564. The lowest BCUT2D eigenvalue weighted by atomic mass is 10.2. The quantitative estimate of drug-likeness (QED) is 0.754. The number of carbonyl (C=O) groups excluding carboxylic acids is 2. The molecule has 0 heterocycles. The highest BCUT2D eigenvalue weighted by Gasteiger charge is 2.16. The Morgan fingerprint density at radius 2 is 1.92 bits per heavy atom. The zero-order chi connectivity index (χ0) is 18.4. The average Bonchev–Trinajstić information content (AvgIpc) is 2.52. The van der Waals surface area contributed by atoms with Gasteiger partial charge < -0.3 is 9.47 Å². The van der Waals surface area contributed by atoms with Crippen molar-refractivity contribution in [1.82, 2.24) is 0 Å². The van der Waals surface area contributed by atoms with Crippen molar-refractivity contribution in [1.29, 1.82) is 0 Å². The van der Waals surface area contributed by atoms with Crippen LogP contribution in [0.4, 0.5) is 10.5 Å². The summed E-state index contributed by atoms with van der Waals surface area (Å²) in [5, 5.41) is 2.96. The van der Waals surface area contributed by atoms with Crippen LogP contribution in [0.5, 0.6) is 5.75 Å². The van der Waals surface area contributed by atoms with Crippen LogP contribution in [0, 0.1) is 0 Å². The smallest absolute Gasteiger partial charge is 0.412 e. The number of aldehydes is 1. The number of carbonyl (C=O) groups is 2. The van der Waals surface area contributed by atoms with Gasteiger partial charge in [-0.3, -0.25) is 10.1 Å². The minimum absolute atomic E-state index is 0.242. The van der Waals surface area contributed by atoms with Crippen LogP contribution in [0.15, 0.2) is 42.5 Å². The zero-order valence-electron chi connectivity index (χ0n) is 14.3. The van der Waals surface area contributed by atoms with E-state index in [1.54, 1.807) is 57.2 Å². The van der Waals surface area contributed by atoms with Crippen molar-refractivity contribution in [3.8, 4) is 5.75 Å². The summed E-state index contributed by atoms with van der Waals surface area (Å²) < 4.78 is 10.9. The van der Waals surface area contributed by atoms with Crippen molar-refractivity contribution < 1.29 is 19.1 Å². The Bertz CT molecular complexity index is 768. The van der Waals surface area contributed by atoms with E-state index < -0.39 is 11.7 Å². The largest absolute Gasteiger partial charge is 0.487 e. The van der Waals surface area contributed by atoms with Crippen molar-refractivity contribution in [3.05, 3.63) is 58.6 Å². The highest BCUT2D eigenvalue weighted by Crippen LogP contribution is 2.28. The predicted molar refractivity (Wildman–Crippen MR) is 97.5 cm³/mol. The Labute approximate surface area is 151 Å². The minimum Gasteiger partial charge on any atom is -0.487 e. The van der Waals surface area contributed by atoms with Crippen LogP contribution < -0.4 is 10.1 Å². The lowest BCUT2D eigenvalue weighted by molar-refractivity contribution is 0.0636. The van der Waals surface area contributed by atoms with Gasteiger partial charge in [-0.05, 0) is 50.6 Å². The maximum absolute atomic E-state index is 11.8. The molecule has 0 fully saturated rings. The van der Waals surface area contributed by atoms with E-state index in [2.05, 4.69) is 5.32 Å².